The van der Waals surface area contributed by atoms with Gasteiger partial charge in [-0.2, -0.15) is 0 Å². The maximum Gasteiger partial charge on any atom is 0.218 e. The first-order valence-electron chi connectivity index (χ1n) is 17.2. The van der Waals surface area contributed by atoms with E-state index in [0.29, 0.717) is 12.5 Å². The number of ether oxygens (including phenoxy) is 1. The van der Waals surface area contributed by atoms with Crippen molar-refractivity contribution in [3.63, 3.8) is 0 Å². The van der Waals surface area contributed by atoms with Gasteiger partial charge in [-0.25, -0.2) is 18.8 Å². The summed E-state index contributed by atoms with van der Waals surface area (Å²) in [6.07, 6.45) is 0. The van der Waals surface area contributed by atoms with Gasteiger partial charge in [0.2, 0.25) is 5.90 Å². The summed E-state index contributed by atoms with van der Waals surface area (Å²) in [5.74, 6) is 0.226. The Labute approximate surface area is 314 Å². The largest absolute Gasteiger partial charge is 0.476 e. The number of rotatable bonds is 6. The molecule has 1 fully saturated rings. The zero-order chi connectivity index (χ0) is 36.9. The van der Waals surface area contributed by atoms with Crippen molar-refractivity contribution in [3.8, 4) is 0 Å². The monoisotopic (exact) mass is 728 g/mol. The van der Waals surface area contributed by atoms with Gasteiger partial charge in [-0.1, -0.05) is 111 Å². The molecule has 0 atom stereocenters. The summed E-state index contributed by atoms with van der Waals surface area (Å²) in [5.41, 5.74) is 9.74. The molecule has 0 saturated carbocycles. The van der Waals surface area contributed by atoms with Gasteiger partial charge in [0.05, 0.1) is 23.7 Å². The highest BCUT2D eigenvalue weighted by Crippen LogP contribution is 2.45. The molecule has 5 aromatic carbocycles. The second kappa shape index (κ2) is 15.9. The standard InChI is InChI=1S/C25H22FNS.C20H20FNOS/c1-17-8-12-19(13-9-17)27-24-21-6-4-5-7-22(21)25(2,3)23(24)16-28-20-14-10-18(26)11-15-20;1-14-4-8-16(9-5-14)22-19-18(20(2,3)13-23-19)12-24-17-10-6-15(21)7-11-17/h4-16H,1-3H3;4-12H,13H2,1-3H3/b;18-12-,22-19?. The van der Waals surface area contributed by atoms with Crippen LogP contribution in [0.1, 0.15) is 49.9 Å². The Morgan fingerprint density at radius 3 is 1.62 bits per heavy atom. The SMILES string of the molecule is Cc1ccc(N=C2C(=CSc3ccc(F)cc3)C(C)(C)c3ccccc32)cc1.Cc1ccc(N=C2OCC(C)(C)/C2=C\Sc2ccc(F)cc2)cc1. The summed E-state index contributed by atoms with van der Waals surface area (Å²) in [5, 5.41) is 4.23. The molecule has 0 amide bonds. The fourth-order valence-electron chi connectivity index (χ4n) is 5.91. The molecule has 0 N–H and O–H groups in total. The lowest BCUT2D eigenvalue weighted by molar-refractivity contribution is 0.254. The fourth-order valence-corrected chi connectivity index (χ4v) is 7.83. The quantitative estimate of drug-likeness (QED) is 0.163. The van der Waals surface area contributed by atoms with Crippen LogP contribution in [0.25, 0.3) is 0 Å². The van der Waals surface area contributed by atoms with Crippen LogP contribution in [0.3, 0.4) is 0 Å². The molecule has 3 nitrogen and oxygen atoms in total. The number of aryl methyl sites for hydroxylation is 2. The van der Waals surface area contributed by atoms with Gasteiger partial charge in [0.15, 0.2) is 0 Å². The van der Waals surface area contributed by atoms with Crippen LogP contribution in [-0.2, 0) is 10.2 Å². The molecule has 7 rings (SSSR count). The molecule has 0 spiro atoms. The summed E-state index contributed by atoms with van der Waals surface area (Å²) in [6.45, 7) is 13.5. The highest BCUT2D eigenvalue weighted by Gasteiger charge is 2.39. The molecule has 0 unspecified atom stereocenters. The minimum absolute atomic E-state index is 0.101. The first-order chi connectivity index (χ1) is 24.9. The van der Waals surface area contributed by atoms with E-state index in [1.54, 1.807) is 35.7 Å². The number of allylic oxidation sites excluding steroid dienone is 1. The van der Waals surface area contributed by atoms with Crippen molar-refractivity contribution in [1.29, 1.82) is 0 Å². The van der Waals surface area contributed by atoms with Gasteiger partial charge in [-0.05, 0) is 109 Å². The predicted molar refractivity (Wildman–Crippen MR) is 216 cm³/mol. The lowest BCUT2D eigenvalue weighted by atomic mass is 9.83. The summed E-state index contributed by atoms with van der Waals surface area (Å²) >= 11 is 3.16. The molecular formula is C45H42F2N2OS2. The van der Waals surface area contributed by atoms with Gasteiger partial charge in [-0.3, -0.25) is 0 Å². The number of halogens is 2. The average Bonchev–Trinajstić information content (AvgIpc) is 3.53. The average molecular weight is 729 g/mol. The molecule has 0 bridgehead atoms. The van der Waals surface area contributed by atoms with E-state index in [1.165, 1.54) is 52.1 Å². The number of fused-ring (bicyclic) bond motifs is 1. The number of thioether (sulfide) groups is 2. The normalized spacial score (nSPS) is 18.7. The second-order valence-corrected chi connectivity index (χ2v) is 16.0. The van der Waals surface area contributed by atoms with Crippen LogP contribution in [0.5, 0.6) is 0 Å². The van der Waals surface area contributed by atoms with Crippen molar-refractivity contribution in [2.24, 2.45) is 15.4 Å². The molecule has 1 saturated heterocycles. The highest BCUT2D eigenvalue weighted by molar-refractivity contribution is 8.02. The summed E-state index contributed by atoms with van der Waals surface area (Å²) < 4.78 is 32.1. The molecule has 5 aromatic rings. The lowest BCUT2D eigenvalue weighted by Crippen LogP contribution is -2.17. The molecule has 264 valence electrons. The van der Waals surface area contributed by atoms with E-state index in [2.05, 4.69) is 106 Å². The summed E-state index contributed by atoms with van der Waals surface area (Å²) in [7, 11) is 0. The van der Waals surface area contributed by atoms with Gasteiger partial charge >= 0.3 is 0 Å². The fraction of sp³-hybridized carbons (Fsp3) is 0.200. The van der Waals surface area contributed by atoms with Crippen LogP contribution in [-0.4, -0.2) is 18.2 Å². The van der Waals surface area contributed by atoms with Crippen LogP contribution in [0, 0.1) is 30.9 Å². The Morgan fingerprint density at radius 2 is 1.08 bits per heavy atom. The van der Waals surface area contributed by atoms with Crippen LogP contribution < -0.4 is 0 Å². The first-order valence-corrected chi connectivity index (χ1v) is 18.9. The Bertz CT molecular complexity index is 2150. The number of hydrogen-bond donors (Lipinski definition) is 0. The topological polar surface area (TPSA) is 34.0 Å². The Kier molecular flexibility index (Phi) is 11.3. The van der Waals surface area contributed by atoms with Gasteiger partial charge in [0.1, 0.15) is 11.6 Å². The van der Waals surface area contributed by atoms with E-state index in [-0.39, 0.29) is 22.5 Å². The zero-order valence-corrected chi connectivity index (χ0v) is 31.9. The van der Waals surface area contributed by atoms with E-state index in [4.69, 9.17) is 9.73 Å². The minimum atomic E-state index is -0.224. The van der Waals surface area contributed by atoms with Crippen LogP contribution >= 0.6 is 23.5 Å². The minimum Gasteiger partial charge on any atom is -0.476 e. The van der Waals surface area contributed by atoms with Gasteiger partial charge in [-0.15, -0.1) is 0 Å². The number of aliphatic imine (C=N–C) groups is 2. The van der Waals surface area contributed by atoms with Gasteiger partial charge in [0.25, 0.3) is 0 Å². The molecule has 0 aromatic heterocycles. The number of benzene rings is 5. The molecular weight excluding hydrogens is 687 g/mol. The molecule has 52 heavy (non-hydrogen) atoms. The third kappa shape index (κ3) is 8.83. The Morgan fingerprint density at radius 1 is 0.596 bits per heavy atom. The first kappa shape index (κ1) is 37.1. The van der Waals surface area contributed by atoms with E-state index in [9.17, 15) is 8.78 Å². The maximum absolute atomic E-state index is 13.2. The van der Waals surface area contributed by atoms with Crippen molar-refractivity contribution in [2.75, 3.05) is 6.61 Å². The van der Waals surface area contributed by atoms with Crippen molar-refractivity contribution in [3.05, 3.63) is 177 Å². The smallest absolute Gasteiger partial charge is 0.218 e. The van der Waals surface area contributed by atoms with Crippen LogP contribution in [0.4, 0.5) is 20.2 Å². The summed E-state index contributed by atoms with van der Waals surface area (Å²) in [4.78, 5) is 11.7. The Hall–Kier alpha value is -4.72. The lowest BCUT2D eigenvalue weighted by Gasteiger charge is -2.21. The second-order valence-electron chi connectivity index (χ2n) is 14.1. The van der Waals surface area contributed by atoms with Gasteiger partial charge < -0.3 is 4.74 Å². The van der Waals surface area contributed by atoms with Crippen molar-refractivity contribution < 1.29 is 13.5 Å². The van der Waals surface area contributed by atoms with Gasteiger partial charge in [0, 0.05) is 31.8 Å². The molecule has 1 aliphatic heterocycles. The number of hydrogen-bond acceptors (Lipinski definition) is 5. The van der Waals surface area contributed by atoms with E-state index in [0.717, 1.165) is 32.5 Å². The van der Waals surface area contributed by atoms with Crippen molar-refractivity contribution in [1.82, 2.24) is 0 Å². The van der Waals surface area contributed by atoms with Crippen molar-refractivity contribution >= 4 is 46.5 Å². The van der Waals surface area contributed by atoms with E-state index in [1.807, 2.05) is 36.4 Å². The molecule has 1 aliphatic carbocycles. The third-order valence-electron chi connectivity index (χ3n) is 9.11. The van der Waals surface area contributed by atoms with Crippen LogP contribution in [0.15, 0.2) is 163 Å². The third-order valence-corrected chi connectivity index (χ3v) is 10.9. The predicted octanol–water partition coefficient (Wildman–Crippen LogP) is 13.1. The number of nitrogens with zero attached hydrogens (tertiary/aromatic N) is 2. The molecule has 1 heterocycles. The van der Waals surface area contributed by atoms with Crippen LogP contribution in [0.2, 0.25) is 0 Å². The summed E-state index contributed by atoms with van der Waals surface area (Å²) in [6, 6.07) is 37.9. The molecule has 0 radical (unpaired) electrons. The highest BCUT2D eigenvalue weighted by atomic mass is 32.2. The molecule has 7 heteroatoms. The van der Waals surface area contributed by atoms with Crippen molar-refractivity contribution in [2.45, 2.75) is 56.7 Å². The zero-order valence-electron chi connectivity index (χ0n) is 30.3. The maximum atomic E-state index is 13.2. The van der Waals surface area contributed by atoms with E-state index < -0.39 is 0 Å². The molecule has 2 aliphatic rings. The van der Waals surface area contributed by atoms with E-state index >= 15 is 0 Å². The Balaban J connectivity index is 0.000000181.